The van der Waals surface area contributed by atoms with E-state index in [9.17, 15) is 4.79 Å². The van der Waals surface area contributed by atoms with Gasteiger partial charge in [-0.15, -0.1) is 0 Å². The molecule has 1 aromatic heterocycles. The number of benzene rings is 1. The Balaban J connectivity index is 1.94. The minimum absolute atomic E-state index is 0.0494. The third kappa shape index (κ3) is 2.31. The van der Waals surface area contributed by atoms with Crippen LogP contribution in [0, 0.1) is 0 Å². The highest BCUT2D eigenvalue weighted by Gasteiger charge is 2.30. The normalized spacial score (nSPS) is 21.1. The average Bonchev–Trinajstić information content (AvgIpc) is 2.90. The molecule has 0 radical (unpaired) electrons. The van der Waals surface area contributed by atoms with Crippen molar-refractivity contribution in [1.82, 2.24) is 9.88 Å². The molecule has 0 spiro atoms. The maximum Gasteiger partial charge on any atom is 0.239 e. The highest BCUT2D eigenvalue weighted by Crippen LogP contribution is 2.32. The Morgan fingerprint density at radius 3 is 2.95 bits per heavy atom. The van der Waals surface area contributed by atoms with Crippen molar-refractivity contribution in [1.29, 1.82) is 0 Å². The molecule has 1 fully saturated rings. The first-order chi connectivity index (χ1) is 9.66. The van der Waals surface area contributed by atoms with E-state index < -0.39 is 6.04 Å². The lowest BCUT2D eigenvalue weighted by Crippen LogP contribution is -2.46. The Kier molecular flexibility index (Phi) is 3.49. The highest BCUT2D eigenvalue weighted by atomic mass is 16.2. The average molecular weight is 271 g/mol. The first kappa shape index (κ1) is 13.2. The third-order valence-corrected chi connectivity index (χ3v) is 4.09. The molecule has 0 bridgehead atoms. The predicted molar refractivity (Wildman–Crippen MR) is 80.3 cm³/mol. The molecular formula is C16H21N3O. The number of nitrogens with one attached hydrogen (secondary N) is 1. The molecule has 1 aliphatic heterocycles. The molecule has 20 heavy (non-hydrogen) atoms. The minimum atomic E-state index is -0.431. The number of aromatic nitrogens is 1. The molecule has 4 heteroatoms. The number of hydrogen-bond acceptors (Lipinski definition) is 2. The second-order valence-electron chi connectivity index (χ2n) is 5.64. The molecule has 3 N–H and O–H groups in total. The number of piperidine rings is 1. The summed E-state index contributed by atoms with van der Waals surface area (Å²) in [4.78, 5) is 17.7. The number of rotatable bonds is 2. The third-order valence-electron chi connectivity index (χ3n) is 4.09. The lowest BCUT2D eigenvalue weighted by Gasteiger charge is -2.36. The molecule has 2 atom stereocenters. The Labute approximate surface area is 118 Å². The van der Waals surface area contributed by atoms with Crippen LogP contribution < -0.4 is 5.73 Å². The predicted octanol–water partition coefficient (Wildman–Crippen LogP) is 2.57. The van der Waals surface area contributed by atoms with Gasteiger partial charge in [0.15, 0.2) is 0 Å². The van der Waals surface area contributed by atoms with Crippen molar-refractivity contribution in [3.05, 3.63) is 36.0 Å². The van der Waals surface area contributed by atoms with E-state index in [-0.39, 0.29) is 11.9 Å². The van der Waals surface area contributed by atoms with E-state index in [2.05, 4.69) is 23.2 Å². The van der Waals surface area contributed by atoms with Crippen LogP contribution in [0.2, 0.25) is 0 Å². The van der Waals surface area contributed by atoms with Gasteiger partial charge in [-0.05, 0) is 43.7 Å². The number of para-hydroxylation sites is 1. The zero-order valence-electron chi connectivity index (χ0n) is 11.8. The maximum atomic E-state index is 12.3. The first-order valence-corrected chi connectivity index (χ1v) is 7.30. The summed E-state index contributed by atoms with van der Waals surface area (Å²) in [6, 6.07) is 10.1. The number of likely N-dealkylation sites (tertiary alicyclic amines) is 1. The molecule has 0 saturated carbocycles. The standard InChI is InChI=1S/C16H21N3O/c1-11(17)16(20)19-9-5-4-8-15(19)14-10-12-6-2-3-7-13(12)18-14/h2-3,6-7,10-11,15,18H,4-5,8-9,17H2,1H3/t11-,15?/m0/s1. The molecule has 0 aliphatic carbocycles. The van der Waals surface area contributed by atoms with Crippen LogP contribution in [0.15, 0.2) is 30.3 Å². The number of fused-ring (bicyclic) bond motifs is 1. The van der Waals surface area contributed by atoms with E-state index in [4.69, 9.17) is 5.73 Å². The molecule has 1 amide bonds. The van der Waals surface area contributed by atoms with Crippen molar-refractivity contribution in [2.24, 2.45) is 5.73 Å². The van der Waals surface area contributed by atoms with Crippen LogP contribution in [-0.4, -0.2) is 28.4 Å². The van der Waals surface area contributed by atoms with Crippen LogP contribution in [-0.2, 0) is 4.79 Å². The van der Waals surface area contributed by atoms with Crippen LogP contribution in [0.3, 0.4) is 0 Å². The van der Waals surface area contributed by atoms with Crippen LogP contribution in [0.4, 0.5) is 0 Å². The molecule has 2 heterocycles. The number of nitrogens with zero attached hydrogens (tertiary/aromatic N) is 1. The fraction of sp³-hybridized carbons (Fsp3) is 0.438. The lowest BCUT2D eigenvalue weighted by molar-refractivity contribution is -0.136. The summed E-state index contributed by atoms with van der Waals surface area (Å²) in [6.45, 7) is 2.57. The lowest BCUT2D eigenvalue weighted by atomic mass is 9.98. The first-order valence-electron chi connectivity index (χ1n) is 7.30. The number of nitrogens with two attached hydrogens (primary N) is 1. The zero-order valence-corrected chi connectivity index (χ0v) is 11.8. The highest BCUT2D eigenvalue weighted by molar-refractivity contribution is 5.83. The fourth-order valence-corrected chi connectivity index (χ4v) is 3.06. The molecular weight excluding hydrogens is 250 g/mol. The van der Waals surface area contributed by atoms with E-state index in [1.807, 2.05) is 17.0 Å². The summed E-state index contributed by atoms with van der Waals surface area (Å²) >= 11 is 0. The summed E-state index contributed by atoms with van der Waals surface area (Å²) in [5.74, 6) is 0.0494. The number of hydrogen-bond donors (Lipinski definition) is 2. The molecule has 1 aromatic carbocycles. The fourth-order valence-electron chi connectivity index (χ4n) is 3.06. The van der Waals surface area contributed by atoms with Crippen molar-refractivity contribution in [2.75, 3.05) is 6.54 Å². The van der Waals surface area contributed by atoms with Crippen LogP contribution in [0.5, 0.6) is 0 Å². The molecule has 3 rings (SSSR count). The van der Waals surface area contributed by atoms with Gasteiger partial charge in [0.25, 0.3) is 0 Å². The van der Waals surface area contributed by atoms with E-state index in [0.717, 1.165) is 37.0 Å². The number of aromatic amines is 1. The second kappa shape index (κ2) is 5.29. The van der Waals surface area contributed by atoms with Crippen LogP contribution in [0.1, 0.15) is 37.9 Å². The van der Waals surface area contributed by atoms with Gasteiger partial charge in [-0.1, -0.05) is 18.2 Å². The number of H-pyrrole nitrogens is 1. The Hall–Kier alpha value is -1.81. The summed E-state index contributed by atoms with van der Waals surface area (Å²) < 4.78 is 0. The topological polar surface area (TPSA) is 62.1 Å². The Morgan fingerprint density at radius 1 is 1.40 bits per heavy atom. The Morgan fingerprint density at radius 2 is 2.20 bits per heavy atom. The monoisotopic (exact) mass is 271 g/mol. The van der Waals surface area contributed by atoms with E-state index in [1.54, 1.807) is 6.92 Å². The van der Waals surface area contributed by atoms with E-state index in [1.165, 1.54) is 5.39 Å². The number of carbonyl (C=O) groups excluding carboxylic acids is 1. The van der Waals surface area contributed by atoms with Gasteiger partial charge in [-0.2, -0.15) is 0 Å². The molecule has 1 saturated heterocycles. The summed E-state index contributed by atoms with van der Waals surface area (Å²) in [6.07, 6.45) is 3.23. The van der Waals surface area contributed by atoms with E-state index in [0.29, 0.717) is 0 Å². The van der Waals surface area contributed by atoms with Crippen molar-refractivity contribution in [3.8, 4) is 0 Å². The van der Waals surface area contributed by atoms with Crippen molar-refractivity contribution < 1.29 is 4.79 Å². The van der Waals surface area contributed by atoms with E-state index >= 15 is 0 Å². The molecule has 2 aromatic rings. The van der Waals surface area contributed by atoms with Gasteiger partial charge in [0.05, 0.1) is 12.1 Å². The Bertz CT molecular complexity index is 584. The van der Waals surface area contributed by atoms with Gasteiger partial charge < -0.3 is 15.6 Å². The van der Waals surface area contributed by atoms with Gasteiger partial charge in [0.2, 0.25) is 5.91 Å². The maximum absolute atomic E-state index is 12.3. The summed E-state index contributed by atoms with van der Waals surface area (Å²) in [5.41, 5.74) is 8.03. The number of carbonyl (C=O) groups is 1. The SMILES string of the molecule is C[C@H](N)C(=O)N1CCCCC1c1cc2ccccc2[nH]1. The molecule has 4 nitrogen and oxygen atoms in total. The largest absolute Gasteiger partial charge is 0.357 e. The molecule has 1 unspecified atom stereocenters. The van der Waals surface area contributed by atoms with Crippen molar-refractivity contribution >= 4 is 16.8 Å². The van der Waals surface area contributed by atoms with Gasteiger partial charge in [0.1, 0.15) is 0 Å². The molecule has 106 valence electrons. The number of amides is 1. The zero-order chi connectivity index (χ0) is 14.1. The summed E-state index contributed by atoms with van der Waals surface area (Å²) in [7, 11) is 0. The smallest absolute Gasteiger partial charge is 0.239 e. The van der Waals surface area contributed by atoms with Crippen molar-refractivity contribution in [3.63, 3.8) is 0 Å². The van der Waals surface area contributed by atoms with Gasteiger partial charge in [-0.3, -0.25) is 4.79 Å². The molecule has 1 aliphatic rings. The summed E-state index contributed by atoms with van der Waals surface area (Å²) in [5, 5.41) is 1.20. The minimum Gasteiger partial charge on any atom is -0.357 e. The van der Waals surface area contributed by atoms with Gasteiger partial charge in [-0.25, -0.2) is 0 Å². The van der Waals surface area contributed by atoms with Crippen molar-refractivity contribution in [2.45, 2.75) is 38.3 Å². The van der Waals surface area contributed by atoms with Gasteiger partial charge >= 0.3 is 0 Å². The van der Waals surface area contributed by atoms with Gasteiger partial charge in [0, 0.05) is 17.8 Å². The quantitative estimate of drug-likeness (QED) is 0.881. The van der Waals surface area contributed by atoms with Crippen LogP contribution in [0.25, 0.3) is 10.9 Å². The van der Waals surface area contributed by atoms with Crippen LogP contribution >= 0.6 is 0 Å². The second-order valence-corrected chi connectivity index (χ2v) is 5.64.